The second-order valence-electron chi connectivity index (χ2n) is 6.74. The lowest BCUT2D eigenvalue weighted by atomic mass is 9.89. The Morgan fingerprint density at radius 1 is 1.21 bits per heavy atom. The van der Waals surface area contributed by atoms with Gasteiger partial charge >= 0.3 is 0 Å². The fourth-order valence-electron chi connectivity index (χ4n) is 2.36. The highest BCUT2D eigenvalue weighted by Crippen LogP contribution is 2.22. The normalized spacial score (nSPS) is 11.4. The van der Waals surface area contributed by atoms with Crippen LogP contribution in [-0.2, 0) is 20.9 Å². The minimum atomic E-state index is -1.11. The summed E-state index contributed by atoms with van der Waals surface area (Å²) in [5.41, 5.74) is -0.0533. The van der Waals surface area contributed by atoms with Crippen LogP contribution in [0.4, 0.5) is 0 Å². The SMILES string of the molecule is COCCCNC(=O)C(C)(C)C(=O)N(Cc1ccccc1)C(C)C. The van der Waals surface area contributed by atoms with Gasteiger partial charge in [-0.2, -0.15) is 0 Å². The Morgan fingerprint density at radius 2 is 1.83 bits per heavy atom. The molecule has 0 atom stereocenters. The number of rotatable bonds is 9. The molecule has 1 aromatic rings. The maximum atomic E-state index is 13.0. The van der Waals surface area contributed by atoms with E-state index in [1.807, 2.05) is 44.2 Å². The summed E-state index contributed by atoms with van der Waals surface area (Å²) in [5, 5.41) is 2.83. The van der Waals surface area contributed by atoms with Crippen LogP contribution in [0.2, 0.25) is 0 Å². The van der Waals surface area contributed by atoms with Crippen molar-refractivity contribution in [2.75, 3.05) is 20.3 Å². The number of hydrogen-bond donors (Lipinski definition) is 1. The van der Waals surface area contributed by atoms with Gasteiger partial charge in [-0.05, 0) is 39.7 Å². The molecule has 0 aromatic heterocycles. The van der Waals surface area contributed by atoms with Crippen LogP contribution < -0.4 is 5.32 Å². The van der Waals surface area contributed by atoms with E-state index in [2.05, 4.69) is 5.32 Å². The lowest BCUT2D eigenvalue weighted by molar-refractivity contribution is -0.150. The van der Waals surface area contributed by atoms with Crippen LogP contribution in [0.3, 0.4) is 0 Å². The Labute approximate surface area is 145 Å². The summed E-state index contributed by atoms with van der Waals surface area (Å²) >= 11 is 0. The number of benzene rings is 1. The third kappa shape index (κ3) is 5.64. The summed E-state index contributed by atoms with van der Waals surface area (Å²) in [7, 11) is 1.62. The van der Waals surface area contributed by atoms with Crippen LogP contribution in [0.1, 0.15) is 39.7 Å². The van der Waals surface area contributed by atoms with Gasteiger partial charge in [0.05, 0.1) is 0 Å². The molecular weight excluding hydrogens is 304 g/mol. The fraction of sp³-hybridized carbons (Fsp3) is 0.579. The molecule has 134 valence electrons. The second kappa shape index (κ2) is 9.42. The number of nitrogens with one attached hydrogen (secondary N) is 1. The quantitative estimate of drug-likeness (QED) is 0.558. The minimum Gasteiger partial charge on any atom is -0.385 e. The van der Waals surface area contributed by atoms with E-state index in [0.717, 1.165) is 12.0 Å². The molecule has 0 bridgehead atoms. The summed E-state index contributed by atoms with van der Waals surface area (Å²) in [6.45, 7) is 8.88. The van der Waals surface area contributed by atoms with E-state index < -0.39 is 5.41 Å². The van der Waals surface area contributed by atoms with Crippen molar-refractivity contribution in [3.8, 4) is 0 Å². The van der Waals surface area contributed by atoms with Crippen molar-refractivity contribution >= 4 is 11.8 Å². The molecule has 2 amide bonds. The summed E-state index contributed by atoms with van der Waals surface area (Å²) in [6, 6.07) is 9.83. The van der Waals surface area contributed by atoms with Crippen LogP contribution in [0.15, 0.2) is 30.3 Å². The van der Waals surface area contributed by atoms with Crippen molar-refractivity contribution in [1.82, 2.24) is 10.2 Å². The molecule has 0 aliphatic rings. The van der Waals surface area contributed by atoms with E-state index in [9.17, 15) is 9.59 Å². The summed E-state index contributed by atoms with van der Waals surface area (Å²) in [4.78, 5) is 27.2. The van der Waals surface area contributed by atoms with Gasteiger partial charge in [-0.15, -0.1) is 0 Å². The first-order valence-electron chi connectivity index (χ1n) is 8.43. The van der Waals surface area contributed by atoms with Gasteiger partial charge in [0.1, 0.15) is 5.41 Å². The Balaban J connectivity index is 2.78. The lowest BCUT2D eigenvalue weighted by Crippen LogP contribution is -2.51. The molecule has 1 aromatic carbocycles. The average Bonchev–Trinajstić information content (AvgIpc) is 2.56. The maximum absolute atomic E-state index is 13.0. The Bertz CT molecular complexity index is 527. The Kier molecular flexibility index (Phi) is 7.92. The van der Waals surface area contributed by atoms with Crippen LogP contribution >= 0.6 is 0 Å². The smallest absolute Gasteiger partial charge is 0.238 e. The van der Waals surface area contributed by atoms with Crippen LogP contribution in [0.5, 0.6) is 0 Å². The van der Waals surface area contributed by atoms with Gasteiger partial charge < -0.3 is 15.0 Å². The molecule has 1 rings (SSSR count). The van der Waals surface area contributed by atoms with Gasteiger partial charge in [-0.25, -0.2) is 0 Å². The van der Waals surface area contributed by atoms with Crippen molar-refractivity contribution in [3.63, 3.8) is 0 Å². The predicted octanol–water partition coefficient (Wildman–Crippen LogP) is 2.60. The topological polar surface area (TPSA) is 58.6 Å². The third-order valence-corrected chi connectivity index (χ3v) is 3.99. The highest BCUT2D eigenvalue weighted by Gasteiger charge is 2.39. The number of methoxy groups -OCH3 is 1. The van der Waals surface area contributed by atoms with Crippen LogP contribution in [-0.4, -0.2) is 43.0 Å². The largest absolute Gasteiger partial charge is 0.385 e. The maximum Gasteiger partial charge on any atom is 0.238 e. The average molecular weight is 334 g/mol. The van der Waals surface area contributed by atoms with E-state index in [4.69, 9.17) is 4.74 Å². The molecule has 5 nitrogen and oxygen atoms in total. The molecule has 0 aliphatic carbocycles. The number of amides is 2. The van der Waals surface area contributed by atoms with Crippen molar-refractivity contribution < 1.29 is 14.3 Å². The zero-order valence-electron chi connectivity index (χ0n) is 15.5. The molecule has 0 aliphatic heterocycles. The minimum absolute atomic E-state index is 0.0123. The molecule has 0 saturated heterocycles. The number of nitrogens with zero attached hydrogens (tertiary/aromatic N) is 1. The predicted molar refractivity (Wildman–Crippen MR) is 95.4 cm³/mol. The molecule has 0 unspecified atom stereocenters. The summed E-state index contributed by atoms with van der Waals surface area (Å²) < 4.78 is 4.97. The number of hydrogen-bond acceptors (Lipinski definition) is 3. The molecule has 0 radical (unpaired) electrons. The summed E-state index contributed by atoms with van der Waals surface area (Å²) in [6.07, 6.45) is 0.727. The number of carbonyl (C=O) groups excluding carboxylic acids is 2. The number of carbonyl (C=O) groups is 2. The lowest BCUT2D eigenvalue weighted by Gasteiger charge is -2.34. The van der Waals surface area contributed by atoms with E-state index >= 15 is 0 Å². The first kappa shape index (κ1) is 20.2. The first-order chi connectivity index (χ1) is 11.3. The first-order valence-corrected chi connectivity index (χ1v) is 8.43. The monoisotopic (exact) mass is 334 g/mol. The second-order valence-corrected chi connectivity index (χ2v) is 6.74. The van der Waals surface area contributed by atoms with Crippen LogP contribution in [0.25, 0.3) is 0 Å². The van der Waals surface area contributed by atoms with Crippen molar-refractivity contribution in [2.24, 2.45) is 5.41 Å². The van der Waals surface area contributed by atoms with Crippen LogP contribution in [0, 0.1) is 5.41 Å². The van der Waals surface area contributed by atoms with Gasteiger partial charge in [-0.1, -0.05) is 30.3 Å². The molecular formula is C19H30N2O3. The van der Waals surface area contributed by atoms with Gasteiger partial charge in [0, 0.05) is 32.8 Å². The van der Waals surface area contributed by atoms with Gasteiger partial charge in [0.2, 0.25) is 11.8 Å². The van der Waals surface area contributed by atoms with Crippen molar-refractivity contribution in [1.29, 1.82) is 0 Å². The molecule has 0 spiro atoms. The van der Waals surface area contributed by atoms with E-state index in [0.29, 0.717) is 19.7 Å². The van der Waals surface area contributed by atoms with E-state index in [1.165, 1.54) is 0 Å². The fourth-order valence-corrected chi connectivity index (χ4v) is 2.36. The molecule has 5 heteroatoms. The standard InChI is InChI=1S/C19H30N2O3/c1-15(2)21(14-16-10-7-6-8-11-16)18(23)19(3,4)17(22)20-12-9-13-24-5/h6-8,10-11,15H,9,12-14H2,1-5H3,(H,20,22). The Morgan fingerprint density at radius 3 is 2.38 bits per heavy atom. The van der Waals surface area contributed by atoms with Crippen molar-refractivity contribution in [2.45, 2.75) is 46.7 Å². The van der Waals surface area contributed by atoms with Gasteiger partial charge in [0.25, 0.3) is 0 Å². The highest BCUT2D eigenvalue weighted by atomic mass is 16.5. The molecule has 0 heterocycles. The summed E-state index contributed by atoms with van der Waals surface area (Å²) in [5.74, 6) is -0.409. The Hall–Kier alpha value is -1.88. The highest BCUT2D eigenvalue weighted by molar-refractivity contribution is 6.04. The zero-order chi connectivity index (χ0) is 18.2. The third-order valence-electron chi connectivity index (χ3n) is 3.99. The van der Waals surface area contributed by atoms with E-state index in [-0.39, 0.29) is 17.9 Å². The number of ether oxygens (including phenoxy) is 1. The van der Waals surface area contributed by atoms with E-state index in [1.54, 1.807) is 25.9 Å². The van der Waals surface area contributed by atoms with Crippen molar-refractivity contribution in [3.05, 3.63) is 35.9 Å². The van der Waals surface area contributed by atoms with Gasteiger partial charge in [0.15, 0.2) is 0 Å². The molecule has 0 fully saturated rings. The zero-order valence-corrected chi connectivity index (χ0v) is 15.5. The molecule has 1 N–H and O–H groups in total. The molecule has 24 heavy (non-hydrogen) atoms. The van der Waals surface area contributed by atoms with Gasteiger partial charge in [-0.3, -0.25) is 9.59 Å². The molecule has 0 saturated carbocycles.